The van der Waals surface area contributed by atoms with Crippen LogP contribution in [0.15, 0.2) is 24.3 Å². The van der Waals surface area contributed by atoms with Gasteiger partial charge >= 0.3 is 0 Å². The Hall–Kier alpha value is -0.570. The van der Waals surface area contributed by atoms with Crippen molar-refractivity contribution in [3.63, 3.8) is 0 Å². The SMILES string of the molecule is COCCCCNCc1ccccc1Cl. The Morgan fingerprint density at radius 3 is 2.80 bits per heavy atom. The first-order valence-corrected chi connectivity index (χ1v) is 5.65. The van der Waals surface area contributed by atoms with E-state index in [1.807, 2.05) is 24.3 Å². The number of ether oxygens (including phenoxy) is 1. The van der Waals surface area contributed by atoms with Crippen molar-refractivity contribution in [3.05, 3.63) is 34.9 Å². The van der Waals surface area contributed by atoms with Gasteiger partial charge < -0.3 is 10.1 Å². The van der Waals surface area contributed by atoms with Crippen molar-refractivity contribution < 1.29 is 4.74 Å². The Morgan fingerprint density at radius 2 is 2.07 bits per heavy atom. The van der Waals surface area contributed by atoms with E-state index < -0.39 is 0 Å². The molecule has 0 fully saturated rings. The smallest absolute Gasteiger partial charge is 0.0462 e. The molecule has 1 N–H and O–H groups in total. The standard InChI is InChI=1S/C12H18ClNO/c1-15-9-5-4-8-14-10-11-6-2-3-7-12(11)13/h2-3,6-7,14H,4-5,8-10H2,1H3. The van der Waals surface area contributed by atoms with Gasteiger partial charge in [-0.05, 0) is 31.0 Å². The third-order valence-corrected chi connectivity index (χ3v) is 2.59. The predicted molar refractivity (Wildman–Crippen MR) is 64.3 cm³/mol. The second kappa shape index (κ2) is 7.69. The predicted octanol–water partition coefficient (Wildman–Crippen LogP) is 2.86. The molecule has 0 saturated heterocycles. The Labute approximate surface area is 96.6 Å². The molecule has 0 atom stereocenters. The quantitative estimate of drug-likeness (QED) is 0.724. The van der Waals surface area contributed by atoms with E-state index in [0.29, 0.717) is 0 Å². The fourth-order valence-electron chi connectivity index (χ4n) is 1.36. The summed E-state index contributed by atoms with van der Waals surface area (Å²) in [6.07, 6.45) is 2.24. The minimum atomic E-state index is 0.835. The lowest BCUT2D eigenvalue weighted by Gasteiger charge is -2.06. The van der Waals surface area contributed by atoms with E-state index in [4.69, 9.17) is 16.3 Å². The van der Waals surface area contributed by atoms with E-state index in [-0.39, 0.29) is 0 Å². The molecule has 1 rings (SSSR count). The van der Waals surface area contributed by atoms with Gasteiger partial charge in [0.2, 0.25) is 0 Å². The van der Waals surface area contributed by atoms with Crippen LogP contribution in [0.3, 0.4) is 0 Å². The van der Waals surface area contributed by atoms with Crippen molar-refractivity contribution in [1.29, 1.82) is 0 Å². The summed E-state index contributed by atoms with van der Waals surface area (Å²) in [4.78, 5) is 0. The minimum Gasteiger partial charge on any atom is -0.385 e. The Balaban J connectivity index is 2.12. The number of hydrogen-bond donors (Lipinski definition) is 1. The van der Waals surface area contributed by atoms with Crippen LogP contribution in [-0.4, -0.2) is 20.3 Å². The van der Waals surface area contributed by atoms with Crippen LogP contribution in [0.25, 0.3) is 0 Å². The first-order valence-electron chi connectivity index (χ1n) is 5.27. The van der Waals surface area contributed by atoms with Gasteiger partial charge in [0.15, 0.2) is 0 Å². The van der Waals surface area contributed by atoms with Gasteiger partial charge in [-0.25, -0.2) is 0 Å². The molecule has 15 heavy (non-hydrogen) atoms. The summed E-state index contributed by atoms with van der Waals surface area (Å²) < 4.78 is 4.98. The summed E-state index contributed by atoms with van der Waals surface area (Å²) in [6.45, 7) is 2.69. The number of methoxy groups -OCH3 is 1. The Bertz CT molecular complexity index is 278. The summed E-state index contributed by atoms with van der Waals surface area (Å²) in [7, 11) is 1.73. The van der Waals surface area contributed by atoms with Gasteiger partial charge in [0, 0.05) is 25.3 Å². The third-order valence-electron chi connectivity index (χ3n) is 2.23. The highest BCUT2D eigenvalue weighted by atomic mass is 35.5. The number of halogens is 1. The van der Waals surface area contributed by atoms with E-state index in [1.165, 1.54) is 0 Å². The normalized spacial score (nSPS) is 10.5. The molecule has 0 aliphatic heterocycles. The molecule has 0 spiro atoms. The first-order chi connectivity index (χ1) is 7.34. The zero-order chi connectivity index (χ0) is 10.9. The van der Waals surface area contributed by atoms with Crippen molar-refractivity contribution >= 4 is 11.6 Å². The van der Waals surface area contributed by atoms with Crippen LogP contribution < -0.4 is 5.32 Å². The summed E-state index contributed by atoms with van der Waals surface area (Å²) >= 11 is 6.03. The van der Waals surface area contributed by atoms with E-state index in [2.05, 4.69) is 5.32 Å². The monoisotopic (exact) mass is 227 g/mol. The molecular weight excluding hydrogens is 210 g/mol. The van der Waals surface area contributed by atoms with Crippen LogP contribution in [0.1, 0.15) is 18.4 Å². The van der Waals surface area contributed by atoms with Gasteiger partial charge in [-0.1, -0.05) is 29.8 Å². The number of rotatable bonds is 7. The van der Waals surface area contributed by atoms with E-state index in [9.17, 15) is 0 Å². The number of hydrogen-bond acceptors (Lipinski definition) is 2. The van der Waals surface area contributed by atoms with Crippen molar-refractivity contribution in [2.24, 2.45) is 0 Å². The lowest BCUT2D eigenvalue weighted by molar-refractivity contribution is 0.192. The zero-order valence-electron chi connectivity index (χ0n) is 9.13. The molecule has 84 valence electrons. The first kappa shape index (κ1) is 12.5. The fraction of sp³-hybridized carbons (Fsp3) is 0.500. The van der Waals surface area contributed by atoms with Gasteiger partial charge in [0.25, 0.3) is 0 Å². The summed E-state index contributed by atoms with van der Waals surface area (Å²) in [6, 6.07) is 7.92. The average molecular weight is 228 g/mol. The molecule has 3 heteroatoms. The fourth-order valence-corrected chi connectivity index (χ4v) is 1.56. The van der Waals surface area contributed by atoms with Crippen molar-refractivity contribution in [2.45, 2.75) is 19.4 Å². The van der Waals surface area contributed by atoms with Gasteiger partial charge in [-0.3, -0.25) is 0 Å². The van der Waals surface area contributed by atoms with Gasteiger partial charge in [0.05, 0.1) is 0 Å². The maximum absolute atomic E-state index is 6.03. The molecule has 0 aliphatic carbocycles. The lowest BCUT2D eigenvalue weighted by atomic mass is 10.2. The minimum absolute atomic E-state index is 0.835. The summed E-state index contributed by atoms with van der Waals surface area (Å²) in [5.74, 6) is 0. The highest BCUT2D eigenvalue weighted by molar-refractivity contribution is 6.31. The molecule has 0 saturated carbocycles. The van der Waals surface area contributed by atoms with Crippen molar-refractivity contribution in [3.8, 4) is 0 Å². The van der Waals surface area contributed by atoms with E-state index in [1.54, 1.807) is 7.11 Å². The van der Waals surface area contributed by atoms with Crippen LogP contribution in [0, 0.1) is 0 Å². The second-order valence-electron chi connectivity index (χ2n) is 3.47. The number of nitrogens with one attached hydrogen (secondary N) is 1. The topological polar surface area (TPSA) is 21.3 Å². The van der Waals surface area contributed by atoms with E-state index in [0.717, 1.165) is 43.1 Å². The maximum atomic E-state index is 6.03. The van der Waals surface area contributed by atoms with Crippen LogP contribution >= 0.6 is 11.6 Å². The average Bonchev–Trinajstić information content (AvgIpc) is 2.25. The Kier molecular flexibility index (Phi) is 6.41. The molecule has 0 heterocycles. The molecular formula is C12H18ClNO. The van der Waals surface area contributed by atoms with Gasteiger partial charge in [0.1, 0.15) is 0 Å². The van der Waals surface area contributed by atoms with Gasteiger partial charge in [-0.15, -0.1) is 0 Å². The van der Waals surface area contributed by atoms with Gasteiger partial charge in [-0.2, -0.15) is 0 Å². The summed E-state index contributed by atoms with van der Waals surface area (Å²) in [5, 5.41) is 4.20. The van der Waals surface area contributed by atoms with Crippen molar-refractivity contribution in [1.82, 2.24) is 5.32 Å². The molecule has 0 aromatic heterocycles. The molecule has 2 nitrogen and oxygen atoms in total. The number of benzene rings is 1. The molecule has 0 bridgehead atoms. The largest absolute Gasteiger partial charge is 0.385 e. The second-order valence-corrected chi connectivity index (χ2v) is 3.88. The Morgan fingerprint density at radius 1 is 1.27 bits per heavy atom. The molecule has 0 amide bonds. The number of unbranched alkanes of at least 4 members (excludes halogenated alkanes) is 1. The van der Waals surface area contributed by atoms with Crippen LogP contribution in [0.2, 0.25) is 5.02 Å². The highest BCUT2D eigenvalue weighted by Crippen LogP contribution is 2.14. The third kappa shape index (κ3) is 5.17. The molecule has 0 aliphatic rings. The molecule has 0 unspecified atom stereocenters. The maximum Gasteiger partial charge on any atom is 0.0462 e. The van der Waals surface area contributed by atoms with Crippen LogP contribution in [0.5, 0.6) is 0 Å². The van der Waals surface area contributed by atoms with E-state index >= 15 is 0 Å². The molecule has 1 aromatic carbocycles. The van der Waals surface area contributed by atoms with Crippen LogP contribution in [0.4, 0.5) is 0 Å². The lowest BCUT2D eigenvalue weighted by Crippen LogP contribution is -2.15. The van der Waals surface area contributed by atoms with Crippen molar-refractivity contribution in [2.75, 3.05) is 20.3 Å². The zero-order valence-corrected chi connectivity index (χ0v) is 9.89. The van der Waals surface area contributed by atoms with Crippen LogP contribution in [-0.2, 0) is 11.3 Å². The highest BCUT2D eigenvalue weighted by Gasteiger charge is 1.97. The summed E-state index contributed by atoms with van der Waals surface area (Å²) in [5.41, 5.74) is 1.16. The molecule has 1 aromatic rings. The molecule has 0 radical (unpaired) electrons.